The van der Waals surface area contributed by atoms with Gasteiger partial charge >= 0.3 is 0 Å². The molecular weight excluding hydrogens is 246 g/mol. The number of rotatable bonds is 2. The van der Waals surface area contributed by atoms with Gasteiger partial charge in [0.05, 0.1) is 0 Å². The summed E-state index contributed by atoms with van der Waals surface area (Å²) in [6.45, 7) is 0. The summed E-state index contributed by atoms with van der Waals surface area (Å²) in [5.41, 5.74) is 6.18. The monoisotopic (exact) mass is 263 g/mol. The first-order valence-corrected chi connectivity index (χ1v) is 6.43. The summed E-state index contributed by atoms with van der Waals surface area (Å²) in [4.78, 5) is 0. The van der Waals surface area contributed by atoms with Crippen LogP contribution in [0.15, 0.2) is 91.0 Å². The zero-order valence-electron chi connectivity index (χ0n) is 11.1. The van der Waals surface area contributed by atoms with Crippen LogP contribution >= 0.6 is 0 Å². The highest BCUT2D eigenvalue weighted by Gasteiger charge is 1.92. The average Bonchev–Trinajstić information content (AvgIpc) is 2.51. The molecule has 3 aromatic rings. The minimum atomic E-state index is 0.822. The van der Waals surface area contributed by atoms with Gasteiger partial charge in [0.25, 0.3) is 0 Å². The number of benzene rings is 3. The molecule has 0 aromatic heterocycles. The quantitative estimate of drug-likeness (QED) is 0.677. The predicted molar refractivity (Wildman–Crippen MR) is 83.8 cm³/mol. The van der Waals surface area contributed by atoms with Crippen molar-refractivity contribution in [2.45, 2.75) is 0 Å². The molecule has 0 saturated carbocycles. The standard InChI is InChI=1S/C12H10O.C6H7N/c1-3-7-11(8-4-1)13-12-9-5-2-6-10-12;7-6-4-2-1-3-5-6/h1-10H;1-5H,7H2. The summed E-state index contributed by atoms with van der Waals surface area (Å²) < 4.78 is 5.58. The van der Waals surface area contributed by atoms with Gasteiger partial charge in [-0.3, -0.25) is 0 Å². The lowest BCUT2D eigenvalue weighted by molar-refractivity contribution is 0.482. The van der Waals surface area contributed by atoms with Crippen molar-refractivity contribution >= 4 is 5.69 Å². The van der Waals surface area contributed by atoms with Crippen LogP contribution in [0.2, 0.25) is 0 Å². The van der Waals surface area contributed by atoms with E-state index < -0.39 is 0 Å². The summed E-state index contributed by atoms with van der Waals surface area (Å²) in [5, 5.41) is 0. The molecule has 3 rings (SSSR count). The minimum Gasteiger partial charge on any atom is -0.457 e. The van der Waals surface area contributed by atoms with Crippen LogP contribution in [0.1, 0.15) is 0 Å². The van der Waals surface area contributed by atoms with Crippen molar-refractivity contribution in [1.82, 2.24) is 0 Å². The maximum atomic E-state index is 5.58. The third-order valence-corrected chi connectivity index (χ3v) is 2.52. The fraction of sp³-hybridized carbons (Fsp3) is 0. The molecule has 0 saturated heterocycles. The minimum absolute atomic E-state index is 0.822. The van der Waals surface area contributed by atoms with Gasteiger partial charge in [-0.2, -0.15) is 0 Å². The van der Waals surface area contributed by atoms with E-state index in [1.54, 1.807) is 0 Å². The molecule has 0 aliphatic heterocycles. The highest BCUT2D eigenvalue weighted by molar-refractivity contribution is 5.35. The van der Waals surface area contributed by atoms with Gasteiger partial charge < -0.3 is 10.5 Å². The smallest absolute Gasteiger partial charge is 0.127 e. The molecule has 0 aliphatic rings. The van der Waals surface area contributed by atoms with Crippen LogP contribution < -0.4 is 10.5 Å². The number of para-hydroxylation sites is 3. The molecule has 0 aliphatic carbocycles. The fourth-order valence-corrected chi connectivity index (χ4v) is 1.57. The van der Waals surface area contributed by atoms with Gasteiger partial charge in [0.2, 0.25) is 0 Å². The number of hydrogen-bond acceptors (Lipinski definition) is 2. The molecule has 0 heterocycles. The Labute approximate surface area is 119 Å². The first-order chi connectivity index (χ1) is 9.84. The van der Waals surface area contributed by atoms with Crippen LogP contribution in [-0.4, -0.2) is 0 Å². The van der Waals surface area contributed by atoms with Crippen molar-refractivity contribution in [1.29, 1.82) is 0 Å². The van der Waals surface area contributed by atoms with Crippen molar-refractivity contribution in [3.8, 4) is 11.5 Å². The number of hydrogen-bond donors (Lipinski definition) is 1. The fourth-order valence-electron chi connectivity index (χ4n) is 1.57. The normalized spacial score (nSPS) is 9.20. The van der Waals surface area contributed by atoms with E-state index in [-0.39, 0.29) is 0 Å². The van der Waals surface area contributed by atoms with Gasteiger partial charge in [0.1, 0.15) is 11.5 Å². The maximum absolute atomic E-state index is 5.58. The molecule has 2 nitrogen and oxygen atoms in total. The Balaban J connectivity index is 0.000000178. The van der Waals surface area contributed by atoms with Crippen molar-refractivity contribution < 1.29 is 4.74 Å². The van der Waals surface area contributed by atoms with Gasteiger partial charge in [-0.25, -0.2) is 0 Å². The molecule has 0 atom stereocenters. The molecule has 0 fully saturated rings. The van der Waals surface area contributed by atoms with Crippen molar-refractivity contribution in [3.63, 3.8) is 0 Å². The molecule has 0 unspecified atom stereocenters. The topological polar surface area (TPSA) is 35.2 Å². The van der Waals surface area contributed by atoms with Crippen LogP contribution in [0.25, 0.3) is 0 Å². The molecule has 2 N–H and O–H groups in total. The van der Waals surface area contributed by atoms with E-state index in [1.807, 2.05) is 91.0 Å². The molecule has 0 radical (unpaired) electrons. The summed E-state index contributed by atoms with van der Waals surface area (Å²) in [5.74, 6) is 1.74. The lowest BCUT2D eigenvalue weighted by atomic mass is 10.3. The zero-order chi connectivity index (χ0) is 14.0. The summed E-state index contributed by atoms with van der Waals surface area (Å²) in [7, 11) is 0. The lowest BCUT2D eigenvalue weighted by Gasteiger charge is -2.03. The van der Waals surface area contributed by atoms with E-state index in [2.05, 4.69) is 0 Å². The van der Waals surface area contributed by atoms with Gasteiger partial charge in [0, 0.05) is 5.69 Å². The molecule has 0 bridgehead atoms. The second-order valence-electron chi connectivity index (χ2n) is 4.14. The summed E-state index contributed by atoms with van der Waals surface area (Å²) >= 11 is 0. The van der Waals surface area contributed by atoms with E-state index in [0.717, 1.165) is 17.2 Å². The largest absolute Gasteiger partial charge is 0.457 e. The predicted octanol–water partition coefficient (Wildman–Crippen LogP) is 4.75. The van der Waals surface area contributed by atoms with Gasteiger partial charge in [-0.1, -0.05) is 54.6 Å². The Morgan fingerprint density at radius 1 is 0.500 bits per heavy atom. The van der Waals surface area contributed by atoms with Crippen molar-refractivity contribution in [2.24, 2.45) is 0 Å². The maximum Gasteiger partial charge on any atom is 0.127 e. The van der Waals surface area contributed by atoms with E-state index in [9.17, 15) is 0 Å². The second-order valence-corrected chi connectivity index (χ2v) is 4.14. The van der Waals surface area contributed by atoms with Crippen LogP contribution in [-0.2, 0) is 0 Å². The number of nitrogen functional groups attached to an aromatic ring is 1. The summed E-state index contributed by atoms with van der Waals surface area (Å²) in [6, 6.07) is 29.0. The Hall–Kier alpha value is -2.74. The molecular formula is C18H17NO. The van der Waals surface area contributed by atoms with Crippen LogP contribution in [0.5, 0.6) is 11.5 Å². The Bertz CT molecular complexity index is 557. The number of anilines is 1. The Morgan fingerprint density at radius 3 is 1.15 bits per heavy atom. The summed E-state index contributed by atoms with van der Waals surface area (Å²) in [6.07, 6.45) is 0. The lowest BCUT2D eigenvalue weighted by Crippen LogP contribution is -1.81. The van der Waals surface area contributed by atoms with E-state index in [4.69, 9.17) is 10.5 Å². The van der Waals surface area contributed by atoms with Crippen molar-refractivity contribution in [2.75, 3.05) is 5.73 Å². The average molecular weight is 263 g/mol. The Kier molecular flexibility index (Phi) is 5.23. The van der Waals surface area contributed by atoms with E-state index in [0.29, 0.717) is 0 Å². The van der Waals surface area contributed by atoms with E-state index in [1.165, 1.54) is 0 Å². The first kappa shape index (κ1) is 13.7. The number of ether oxygens (including phenoxy) is 1. The Morgan fingerprint density at radius 2 is 0.850 bits per heavy atom. The molecule has 2 heteroatoms. The van der Waals surface area contributed by atoms with E-state index >= 15 is 0 Å². The molecule has 20 heavy (non-hydrogen) atoms. The second kappa shape index (κ2) is 7.64. The SMILES string of the molecule is Nc1ccccc1.c1ccc(Oc2ccccc2)cc1. The number of nitrogens with two attached hydrogens (primary N) is 1. The third kappa shape index (κ3) is 4.86. The third-order valence-electron chi connectivity index (χ3n) is 2.52. The molecule has 0 spiro atoms. The van der Waals surface area contributed by atoms with Crippen molar-refractivity contribution in [3.05, 3.63) is 91.0 Å². The molecule has 0 amide bonds. The van der Waals surface area contributed by atoms with Crippen LogP contribution in [0.4, 0.5) is 5.69 Å². The highest BCUT2D eigenvalue weighted by Crippen LogP contribution is 2.19. The van der Waals surface area contributed by atoms with Crippen LogP contribution in [0.3, 0.4) is 0 Å². The van der Waals surface area contributed by atoms with Gasteiger partial charge in [-0.15, -0.1) is 0 Å². The highest BCUT2D eigenvalue weighted by atomic mass is 16.5. The molecule has 100 valence electrons. The van der Waals surface area contributed by atoms with Gasteiger partial charge in [0.15, 0.2) is 0 Å². The molecule has 3 aromatic carbocycles. The first-order valence-electron chi connectivity index (χ1n) is 6.43. The van der Waals surface area contributed by atoms with Crippen LogP contribution in [0, 0.1) is 0 Å². The zero-order valence-corrected chi connectivity index (χ0v) is 11.1. The van der Waals surface area contributed by atoms with Gasteiger partial charge in [-0.05, 0) is 36.4 Å².